The number of nitrogens with zero attached hydrogens (tertiary/aromatic N) is 4. The zero-order chi connectivity index (χ0) is 21.8. The zero-order valence-corrected chi connectivity index (χ0v) is 19.5. The average Bonchev–Trinajstić information content (AvgIpc) is 3.38. The van der Waals surface area contributed by atoms with Crippen molar-refractivity contribution in [1.82, 2.24) is 20.2 Å². The quantitative estimate of drug-likeness (QED) is 0.584. The molecular formula is C22H27N5O2S2. The molecule has 0 bridgehead atoms. The van der Waals surface area contributed by atoms with Gasteiger partial charge in [0.15, 0.2) is 5.13 Å². The van der Waals surface area contributed by atoms with Crippen molar-refractivity contribution in [2.45, 2.75) is 33.2 Å². The number of thiophene rings is 1. The number of nitrogens with one attached hydrogen (secondary N) is 1. The minimum absolute atomic E-state index is 0.0498. The van der Waals surface area contributed by atoms with Gasteiger partial charge in [-0.05, 0) is 44.4 Å². The van der Waals surface area contributed by atoms with Crippen molar-refractivity contribution in [2.75, 3.05) is 31.1 Å². The average molecular weight is 458 g/mol. The molecule has 0 aromatic carbocycles. The van der Waals surface area contributed by atoms with Crippen LogP contribution in [-0.4, -0.2) is 52.9 Å². The van der Waals surface area contributed by atoms with E-state index in [4.69, 9.17) is 4.98 Å². The number of pyridine rings is 1. The van der Waals surface area contributed by atoms with Crippen LogP contribution in [0.15, 0.2) is 30.6 Å². The summed E-state index contributed by atoms with van der Waals surface area (Å²) < 4.78 is 1.07. The zero-order valence-electron chi connectivity index (χ0n) is 17.8. The molecule has 7 nitrogen and oxygen atoms in total. The van der Waals surface area contributed by atoms with E-state index >= 15 is 0 Å². The fourth-order valence-corrected chi connectivity index (χ4v) is 6.10. The van der Waals surface area contributed by atoms with E-state index in [-0.39, 0.29) is 17.7 Å². The Kier molecular flexibility index (Phi) is 6.82. The van der Waals surface area contributed by atoms with E-state index in [1.165, 1.54) is 11.3 Å². The molecule has 0 unspecified atom stereocenters. The Hall–Kier alpha value is -2.52. The monoisotopic (exact) mass is 457 g/mol. The van der Waals surface area contributed by atoms with Crippen molar-refractivity contribution in [3.05, 3.63) is 41.0 Å². The lowest BCUT2D eigenvalue weighted by Gasteiger charge is -2.31. The second kappa shape index (κ2) is 9.74. The normalized spacial score (nSPS) is 14.7. The van der Waals surface area contributed by atoms with Gasteiger partial charge in [0.05, 0.1) is 9.58 Å². The molecule has 31 heavy (non-hydrogen) atoms. The molecule has 0 spiro atoms. The summed E-state index contributed by atoms with van der Waals surface area (Å²) in [5, 5.41) is 4.01. The maximum absolute atomic E-state index is 13.0. The molecule has 1 fully saturated rings. The maximum atomic E-state index is 13.0. The van der Waals surface area contributed by atoms with Crippen LogP contribution in [0.2, 0.25) is 0 Å². The highest BCUT2D eigenvalue weighted by Gasteiger charge is 2.29. The summed E-state index contributed by atoms with van der Waals surface area (Å²) in [5.74, 6) is 0.0559. The van der Waals surface area contributed by atoms with E-state index in [9.17, 15) is 9.59 Å². The number of piperidine rings is 1. The van der Waals surface area contributed by atoms with Crippen LogP contribution in [0.25, 0.3) is 9.53 Å². The summed E-state index contributed by atoms with van der Waals surface area (Å²) >= 11 is 3.11. The van der Waals surface area contributed by atoms with Crippen LogP contribution < -0.4 is 10.2 Å². The minimum Gasteiger partial charge on any atom is -0.352 e. The van der Waals surface area contributed by atoms with Gasteiger partial charge in [-0.2, -0.15) is 0 Å². The van der Waals surface area contributed by atoms with Gasteiger partial charge in [0, 0.05) is 51.0 Å². The summed E-state index contributed by atoms with van der Waals surface area (Å²) in [7, 11) is 0. The van der Waals surface area contributed by atoms with Crippen LogP contribution in [0.4, 0.5) is 5.13 Å². The van der Waals surface area contributed by atoms with Crippen LogP contribution in [-0.2, 0) is 11.3 Å². The number of hydrogen-bond donors (Lipinski definition) is 1. The third kappa shape index (κ3) is 4.88. The van der Waals surface area contributed by atoms with Crippen molar-refractivity contribution in [1.29, 1.82) is 0 Å². The number of hydrogen-bond acceptors (Lipinski definition) is 7. The third-order valence-corrected chi connectivity index (χ3v) is 7.87. The molecule has 0 atom stereocenters. The first kappa shape index (κ1) is 21.7. The topological polar surface area (TPSA) is 78.4 Å². The van der Waals surface area contributed by atoms with Crippen molar-refractivity contribution >= 4 is 49.1 Å². The van der Waals surface area contributed by atoms with E-state index in [1.807, 2.05) is 23.1 Å². The van der Waals surface area contributed by atoms with Crippen molar-refractivity contribution in [3.8, 4) is 0 Å². The van der Waals surface area contributed by atoms with Crippen LogP contribution >= 0.6 is 22.7 Å². The van der Waals surface area contributed by atoms with Gasteiger partial charge >= 0.3 is 0 Å². The minimum atomic E-state index is -0.0501. The lowest BCUT2D eigenvalue weighted by atomic mass is 9.95. The lowest BCUT2D eigenvalue weighted by Crippen LogP contribution is -2.42. The van der Waals surface area contributed by atoms with Crippen LogP contribution in [0.5, 0.6) is 0 Å². The summed E-state index contributed by atoms with van der Waals surface area (Å²) in [6.45, 7) is 7.79. The summed E-state index contributed by atoms with van der Waals surface area (Å²) in [4.78, 5) is 40.0. The summed E-state index contributed by atoms with van der Waals surface area (Å²) in [6, 6.07) is 5.78. The Bertz CT molecular complexity index is 1010. The van der Waals surface area contributed by atoms with Gasteiger partial charge < -0.3 is 15.1 Å². The Labute approximate surface area is 190 Å². The van der Waals surface area contributed by atoms with E-state index in [1.54, 1.807) is 23.7 Å². The Morgan fingerprint density at radius 2 is 2.00 bits per heavy atom. The van der Waals surface area contributed by atoms with Crippen LogP contribution in [0.1, 0.15) is 41.9 Å². The molecule has 1 N–H and O–H groups in total. The molecule has 0 saturated carbocycles. The van der Waals surface area contributed by atoms with Crippen LogP contribution in [0.3, 0.4) is 0 Å². The van der Waals surface area contributed by atoms with Crippen LogP contribution in [0, 0.1) is 5.92 Å². The largest absolute Gasteiger partial charge is 0.352 e. The Balaban J connectivity index is 1.31. The van der Waals surface area contributed by atoms with E-state index in [2.05, 4.69) is 29.0 Å². The third-order valence-electron chi connectivity index (χ3n) is 5.67. The van der Waals surface area contributed by atoms with Gasteiger partial charge in [-0.25, -0.2) is 4.98 Å². The predicted molar refractivity (Wildman–Crippen MR) is 126 cm³/mol. The SMILES string of the molecule is CCN(CC)c1nc2sc(C(=O)N3CCC(C(=O)NCc4cccnc4)CC3)cc2s1. The molecule has 1 saturated heterocycles. The highest BCUT2D eigenvalue weighted by Crippen LogP contribution is 2.35. The number of amides is 2. The second-order valence-corrected chi connectivity index (χ2v) is 9.63. The number of likely N-dealkylation sites (tertiary alicyclic amines) is 1. The second-order valence-electron chi connectivity index (χ2n) is 7.59. The number of rotatable bonds is 7. The molecule has 1 aliphatic rings. The molecule has 4 rings (SSSR count). The molecule has 164 valence electrons. The molecule has 0 aliphatic carbocycles. The number of anilines is 1. The number of aromatic nitrogens is 2. The molecule has 9 heteroatoms. The Morgan fingerprint density at radius 3 is 2.65 bits per heavy atom. The number of carbonyl (C=O) groups excluding carboxylic acids is 2. The molecule has 1 aliphatic heterocycles. The highest BCUT2D eigenvalue weighted by atomic mass is 32.1. The van der Waals surface area contributed by atoms with E-state index in [0.29, 0.717) is 32.5 Å². The Morgan fingerprint density at radius 1 is 1.23 bits per heavy atom. The first-order valence-electron chi connectivity index (χ1n) is 10.7. The highest BCUT2D eigenvalue weighted by molar-refractivity contribution is 7.29. The summed E-state index contributed by atoms with van der Waals surface area (Å²) in [5.41, 5.74) is 0.985. The summed E-state index contributed by atoms with van der Waals surface area (Å²) in [6.07, 6.45) is 4.85. The van der Waals surface area contributed by atoms with Crippen molar-refractivity contribution < 1.29 is 9.59 Å². The fourth-order valence-electron chi connectivity index (χ4n) is 3.80. The smallest absolute Gasteiger partial charge is 0.264 e. The molecule has 0 radical (unpaired) electrons. The van der Waals surface area contributed by atoms with Gasteiger partial charge in [-0.3, -0.25) is 14.6 Å². The van der Waals surface area contributed by atoms with Gasteiger partial charge in [-0.1, -0.05) is 17.4 Å². The van der Waals surface area contributed by atoms with E-state index in [0.717, 1.165) is 38.2 Å². The fraction of sp³-hybridized carbons (Fsp3) is 0.455. The van der Waals surface area contributed by atoms with E-state index < -0.39 is 0 Å². The molecule has 3 aromatic rings. The van der Waals surface area contributed by atoms with Gasteiger partial charge in [0.1, 0.15) is 4.83 Å². The lowest BCUT2D eigenvalue weighted by molar-refractivity contribution is -0.126. The van der Waals surface area contributed by atoms with Crippen molar-refractivity contribution in [2.24, 2.45) is 5.92 Å². The standard InChI is InChI=1S/C22H27N5O2S2/c1-3-26(4-2)22-25-20-17(31-22)12-18(30-20)21(29)27-10-7-16(8-11-27)19(28)24-14-15-6-5-9-23-13-15/h5-6,9,12-13,16H,3-4,7-8,10-11,14H2,1-2H3,(H,24,28). The molecular weight excluding hydrogens is 430 g/mol. The molecule has 2 amide bonds. The van der Waals surface area contributed by atoms with Crippen molar-refractivity contribution in [3.63, 3.8) is 0 Å². The van der Waals surface area contributed by atoms with Gasteiger partial charge in [-0.15, -0.1) is 11.3 Å². The molecule has 3 aromatic heterocycles. The maximum Gasteiger partial charge on any atom is 0.264 e. The first-order chi connectivity index (χ1) is 15.1. The number of thiazole rings is 1. The van der Waals surface area contributed by atoms with Gasteiger partial charge in [0.25, 0.3) is 5.91 Å². The number of fused-ring (bicyclic) bond motifs is 1. The first-order valence-corrected chi connectivity index (χ1v) is 12.3. The predicted octanol–water partition coefficient (Wildman–Crippen LogP) is 3.77. The number of carbonyl (C=O) groups is 2. The molecule has 4 heterocycles. The van der Waals surface area contributed by atoms with Gasteiger partial charge in [0.2, 0.25) is 5.91 Å².